The van der Waals surface area contributed by atoms with Gasteiger partial charge in [0.25, 0.3) is 5.91 Å². The molecule has 9 heteroatoms. The van der Waals surface area contributed by atoms with Crippen molar-refractivity contribution in [2.75, 3.05) is 34.8 Å². The topological polar surface area (TPSA) is 99.2 Å². The Morgan fingerprint density at radius 3 is 2.61 bits per heavy atom. The number of nitrogens with zero attached hydrogens (tertiary/aromatic N) is 3. The van der Waals surface area contributed by atoms with Crippen molar-refractivity contribution in [1.29, 1.82) is 0 Å². The molecule has 0 aliphatic carbocycles. The van der Waals surface area contributed by atoms with Crippen molar-refractivity contribution in [2.45, 2.75) is 38.1 Å². The molecule has 2 fully saturated rings. The number of carbonyl (C=O) groups excluding carboxylic acids is 2. The summed E-state index contributed by atoms with van der Waals surface area (Å²) in [5.74, 6) is -0.600. The highest BCUT2D eigenvalue weighted by Gasteiger charge is 2.37. The van der Waals surface area contributed by atoms with Crippen molar-refractivity contribution in [3.63, 3.8) is 0 Å². The van der Waals surface area contributed by atoms with E-state index in [9.17, 15) is 18.0 Å². The Balaban J connectivity index is 1.52. The predicted octanol–water partition coefficient (Wildman–Crippen LogP) is 1.39. The molecule has 8 nitrogen and oxygen atoms in total. The van der Waals surface area contributed by atoms with Gasteiger partial charge in [-0.25, -0.2) is 13.4 Å². The third-order valence-corrected chi connectivity index (χ3v) is 7.23. The summed E-state index contributed by atoms with van der Waals surface area (Å²) in [4.78, 5) is 27.3. The van der Waals surface area contributed by atoms with Crippen molar-refractivity contribution in [3.05, 3.63) is 24.3 Å². The lowest BCUT2D eigenvalue weighted by atomic mass is 10.1. The van der Waals surface area contributed by atoms with Crippen LogP contribution in [0.1, 0.15) is 32.1 Å². The van der Waals surface area contributed by atoms with Gasteiger partial charge in [0.2, 0.25) is 5.91 Å². The predicted molar refractivity (Wildman–Crippen MR) is 107 cm³/mol. The number of para-hydroxylation sites is 2. The number of carbonyl (C=O) groups is 2. The zero-order valence-electron chi connectivity index (χ0n) is 15.6. The molecule has 1 aromatic rings. The van der Waals surface area contributed by atoms with Crippen LogP contribution < -0.4 is 10.2 Å². The molecular formula is C19H24N4O4S. The number of hydrazone groups is 1. The largest absolute Gasteiger partial charge is 0.370 e. The summed E-state index contributed by atoms with van der Waals surface area (Å²) in [5.41, 5.74) is 1.98. The highest BCUT2D eigenvalue weighted by atomic mass is 32.2. The Morgan fingerprint density at radius 2 is 1.89 bits per heavy atom. The maximum absolute atomic E-state index is 12.8. The fourth-order valence-corrected chi connectivity index (χ4v) is 5.69. The summed E-state index contributed by atoms with van der Waals surface area (Å²) in [7, 11) is -3.14. The minimum absolute atomic E-state index is 0.0572. The molecular weight excluding hydrogens is 380 g/mol. The van der Waals surface area contributed by atoms with Crippen LogP contribution in [0.25, 0.3) is 0 Å². The van der Waals surface area contributed by atoms with Crippen LogP contribution in [-0.4, -0.2) is 61.6 Å². The Morgan fingerprint density at radius 1 is 1.14 bits per heavy atom. The van der Waals surface area contributed by atoms with Gasteiger partial charge in [0.1, 0.15) is 5.71 Å². The van der Waals surface area contributed by atoms with E-state index in [1.54, 1.807) is 0 Å². The molecule has 1 N–H and O–H groups in total. The number of hydrogen-bond acceptors (Lipinski definition) is 6. The highest BCUT2D eigenvalue weighted by Crippen LogP contribution is 2.29. The van der Waals surface area contributed by atoms with E-state index >= 15 is 0 Å². The van der Waals surface area contributed by atoms with Crippen LogP contribution in [0.5, 0.6) is 0 Å². The van der Waals surface area contributed by atoms with Gasteiger partial charge in [0, 0.05) is 25.9 Å². The smallest absolute Gasteiger partial charge is 0.271 e. The van der Waals surface area contributed by atoms with Gasteiger partial charge in [0.15, 0.2) is 9.84 Å². The molecule has 0 radical (unpaired) electrons. The Bertz CT molecular complexity index is 922. The highest BCUT2D eigenvalue weighted by molar-refractivity contribution is 7.91. The van der Waals surface area contributed by atoms with Crippen molar-refractivity contribution in [2.24, 2.45) is 5.10 Å². The first-order chi connectivity index (χ1) is 13.4. The summed E-state index contributed by atoms with van der Waals surface area (Å²) in [6.07, 6.45) is 3.06. The normalized spacial score (nSPS) is 24.4. The van der Waals surface area contributed by atoms with E-state index < -0.39 is 15.9 Å². The first-order valence-electron chi connectivity index (χ1n) is 9.68. The summed E-state index contributed by atoms with van der Waals surface area (Å²) >= 11 is 0. The van der Waals surface area contributed by atoms with Gasteiger partial charge in [0.05, 0.1) is 28.9 Å². The number of anilines is 2. The first-order valence-corrected chi connectivity index (χ1v) is 11.5. The lowest BCUT2D eigenvalue weighted by molar-refractivity contribution is -0.133. The van der Waals surface area contributed by atoms with Gasteiger partial charge >= 0.3 is 0 Å². The van der Waals surface area contributed by atoms with Gasteiger partial charge in [-0.15, -0.1) is 0 Å². The van der Waals surface area contributed by atoms with Crippen LogP contribution >= 0.6 is 0 Å². The lowest BCUT2D eigenvalue weighted by Gasteiger charge is -2.28. The van der Waals surface area contributed by atoms with E-state index in [-0.39, 0.29) is 41.9 Å². The van der Waals surface area contributed by atoms with Crippen molar-refractivity contribution in [3.8, 4) is 0 Å². The molecule has 0 spiro atoms. The molecule has 0 saturated carbocycles. The van der Waals surface area contributed by atoms with Gasteiger partial charge in [-0.2, -0.15) is 5.10 Å². The van der Waals surface area contributed by atoms with Crippen LogP contribution in [0, 0.1) is 0 Å². The quantitative estimate of drug-likeness (QED) is 0.818. The number of rotatable bonds is 4. The van der Waals surface area contributed by atoms with E-state index in [4.69, 9.17) is 0 Å². The maximum atomic E-state index is 12.8. The lowest BCUT2D eigenvalue weighted by Crippen LogP contribution is -2.42. The second kappa shape index (κ2) is 7.54. The van der Waals surface area contributed by atoms with E-state index in [2.05, 4.69) is 15.3 Å². The van der Waals surface area contributed by atoms with E-state index in [1.165, 1.54) is 5.01 Å². The van der Waals surface area contributed by atoms with Crippen LogP contribution in [0.4, 0.5) is 11.4 Å². The number of nitrogens with one attached hydrogen (secondary N) is 1. The average molecular weight is 404 g/mol. The Kier molecular flexibility index (Phi) is 5.09. The maximum Gasteiger partial charge on any atom is 0.271 e. The minimum atomic E-state index is -3.14. The fraction of sp³-hybridized carbons (Fsp3) is 0.526. The van der Waals surface area contributed by atoms with E-state index in [0.29, 0.717) is 6.42 Å². The molecule has 1 unspecified atom stereocenters. The summed E-state index contributed by atoms with van der Waals surface area (Å²) in [6.45, 7) is 1.93. The number of benzene rings is 1. The summed E-state index contributed by atoms with van der Waals surface area (Å²) in [5, 5.41) is 8.39. The number of amides is 2. The molecule has 28 heavy (non-hydrogen) atoms. The zero-order valence-corrected chi connectivity index (χ0v) is 16.5. The van der Waals surface area contributed by atoms with Crippen molar-refractivity contribution >= 4 is 38.7 Å². The van der Waals surface area contributed by atoms with Crippen molar-refractivity contribution in [1.82, 2.24) is 5.01 Å². The van der Waals surface area contributed by atoms with Gasteiger partial charge in [-0.05, 0) is 31.4 Å². The Hall–Kier alpha value is -2.42. The second-order valence-electron chi connectivity index (χ2n) is 7.51. The van der Waals surface area contributed by atoms with Gasteiger partial charge < -0.3 is 10.2 Å². The second-order valence-corrected chi connectivity index (χ2v) is 9.74. The third kappa shape index (κ3) is 3.89. The van der Waals surface area contributed by atoms with Crippen molar-refractivity contribution < 1.29 is 18.0 Å². The number of hydrogen-bond donors (Lipinski definition) is 1. The molecule has 3 aliphatic heterocycles. The molecule has 2 amide bonds. The van der Waals surface area contributed by atoms with Crippen LogP contribution in [-0.2, 0) is 19.4 Å². The fourth-order valence-electron chi connectivity index (χ4n) is 4.00. The Labute approximate surface area is 164 Å². The van der Waals surface area contributed by atoms with E-state index in [0.717, 1.165) is 37.3 Å². The molecule has 1 atom stereocenters. The molecule has 3 heterocycles. The zero-order chi connectivity index (χ0) is 19.7. The summed E-state index contributed by atoms with van der Waals surface area (Å²) in [6, 6.07) is 7.20. The van der Waals surface area contributed by atoms with Gasteiger partial charge in [-0.3, -0.25) is 9.59 Å². The molecule has 4 rings (SSSR count). The molecule has 0 aromatic heterocycles. The SMILES string of the molecule is O=C(Nc1ccccc1N1CCCC1)C1=NN(C2CCS(=O)(=O)C2)C(=O)CC1. The molecule has 2 saturated heterocycles. The van der Waals surface area contributed by atoms with Crippen LogP contribution in [0.2, 0.25) is 0 Å². The van der Waals surface area contributed by atoms with Gasteiger partial charge in [-0.1, -0.05) is 12.1 Å². The van der Waals surface area contributed by atoms with Crippen LogP contribution in [0.3, 0.4) is 0 Å². The molecule has 3 aliphatic rings. The molecule has 150 valence electrons. The molecule has 1 aromatic carbocycles. The minimum Gasteiger partial charge on any atom is -0.370 e. The third-order valence-electron chi connectivity index (χ3n) is 5.48. The average Bonchev–Trinajstić information content (AvgIpc) is 3.32. The first kappa shape index (κ1) is 18.9. The number of sulfone groups is 1. The standard InChI is InChI=1S/C19H24N4O4S/c24-18-8-7-16(21-23(18)14-9-12-28(26,27)13-14)19(25)20-15-5-1-2-6-17(15)22-10-3-4-11-22/h1-2,5-6,14H,3-4,7-13H2,(H,20,25). The summed E-state index contributed by atoms with van der Waals surface area (Å²) < 4.78 is 23.5. The monoisotopic (exact) mass is 404 g/mol. The molecule has 0 bridgehead atoms. The van der Waals surface area contributed by atoms with Crippen LogP contribution in [0.15, 0.2) is 29.4 Å². The van der Waals surface area contributed by atoms with E-state index in [1.807, 2.05) is 24.3 Å².